The molecule has 0 aromatic carbocycles. The van der Waals surface area contributed by atoms with Crippen molar-refractivity contribution in [3.63, 3.8) is 0 Å². The van der Waals surface area contributed by atoms with Gasteiger partial charge in [-0.2, -0.15) is 10.1 Å². The molecule has 0 unspecified atom stereocenters. The average molecular weight is 277 g/mol. The Morgan fingerprint density at radius 1 is 1.35 bits per heavy atom. The van der Waals surface area contributed by atoms with E-state index in [2.05, 4.69) is 20.5 Å². The van der Waals surface area contributed by atoms with Crippen LogP contribution in [0.4, 0.5) is 10.7 Å². The first kappa shape index (κ1) is 14.0. The van der Waals surface area contributed by atoms with Gasteiger partial charge in [0.1, 0.15) is 5.82 Å². The third-order valence-electron chi connectivity index (χ3n) is 3.07. The summed E-state index contributed by atoms with van der Waals surface area (Å²) < 4.78 is 3.35. The molecule has 0 aliphatic rings. The van der Waals surface area contributed by atoms with Gasteiger partial charge in [-0.05, 0) is 13.8 Å². The molecule has 0 saturated carbocycles. The highest BCUT2D eigenvalue weighted by Crippen LogP contribution is 2.09. The fourth-order valence-corrected chi connectivity index (χ4v) is 1.84. The summed E-state index contributed by atoms with van der Waals surface area (Å²) >= 11 is 0. The summed E-state index contributed by atoms with van der Waals surface area (Å²) in [6.45, 7) is 4.23. The minimum absolute atomic E-state index is 0.251. The Bertz CT molecular complexity index is 608. The highest BCUT2D eigenvalue weighted by molar-refractivity contribution is 5.87. The van der Waals surface area contributed by atoms with Crippen molar-refractivity contribution in [2.75, 3.05) is 12.4 Å². The topological polar surface area (TPSA) is 80.9 Å². The number of carbonyl (C=O) groups is 1. The first-order valence-electron chi connectivity index (χ1n) is 6.25. The van der Waals surface area contributed by atoms with Crippen LogP contribution < -0.4 is 5.32 Å². The lowest BCUT2D eigenvalue weighted by Gasteiger charge is -2.16. The molecule has 2 aromatic rings. The van der Waals surface area contributed by atoms with E-state index in [1.165, 1.54) is 0 Å². The highest BCUT2D eigenvalue weighted by atomic mass is 16.2. The minimum Gasteiger partial charge on any atom is -0.323 e. The number of hydrogen-bond acceptors (Lipinski definition) is 4. The number of urea groups is 1. The molecule has 0 atom stereocenters. The van der Waals surface area contributed by atoms with Crippen LogP contribution in [0.3, 0.4) is 0 Å². The van der Waals surface area contributed by atoms with Crippen molar-refractivity contribution in [3.8, 4) is 0 Å². The second-order valence-electron chi connectivity index (χ2n) is 4.81. The Hall–Kier alpha value is -2.38. The zero-order chi connectivity index (χ0) is 14.9. The van der Waals surface area contributed by atoms with Gasteiger partial charge in [0.2, 0.25) is 5.95 Å². The van der Waals surface area contributed by atoms with Crippen molar-refractivity contribution in [2.45, 2.75) is 20.4 Å². The second kappa shape index (κ2) is 5.32. The van der Waals surface area contributed by atoms with Crippen LogP contribution in [0.15, 0.2) is 6.20 Å². The summed E-state index contributed by atoms with van der Waals surface area (Å²) in [6.07, 6.45) is 1.91. The van der Waals surface area contributed by atoms with E-state index in [0.717, 1.165) is 17.1 Å². The van der Waals surface area contributed by atoms with Gasteiger partial charge < -0.3 is 4.90 Å². The maximum absolute atomic E-state index is 12.1. The molecule has 2 heterocycles. The molecule has 1 N–H and O–H groups in total. The summed E-state index contributed by atoms with van der Waals surface area (Å²) in [5.41, 5.74) is 1.93. The van der Waals surface area contributed by atoms with E-state index >= 15 is 0 Å². The average Bonchev–Trinajstić information content (AvgIpc) is 2.82. The smallest absolute Gasteiger partial charge is 0.323 e. The Morgan fingerprint density at radius 2 is 2.05 bits per heavy atom. The predicted octanol–water partition coefficient (Wildman–Crippen LogP) is 0.829. The van der Waals surface area contributed by atoms with Crippen molar-refractivity contribution in [2.24, 2.45) is 14.1 Å². The maximum atomic E-state index is 12.1. The van der Waals surface area contributed by atoms with Crippen molar-refractivity contribution >= 4 is 12.0 Å². The molecule has 20 heavy (non-hydrogen) atoms. The summed E-state index contributed by atoms with van der Waals surface area (Å²) in [4.78, 5) is 17.8. The van der Waals surface area contributed by atoms with Crippen molar-refractivity contribution in [1.29, 1.82) is 0 Å². The largest absolute Gasteiger partial charge is 0.324 e. The molecule has 0 radical (unpaired) electrons. The third kappa shape index (κ3) is 2.95. The first-order valence-corrected chi connectivity index (χ1v) is 6.25. The van der Waals surface area contributed by atoms with E-state index in [-0.39, 0.29) is 6.03 Å². The highest BCUT2D eigenvalue weighted by Gasteiger charge is 2.14. The number of anilines is 1. The van der Waals surface area contributed by atoms with Gasteiger partial charge in [0, 0.05) is 32.9 Å². The number of rotatable bonds is 3. The van der Waals surface area contributed by atoms with Crippen molar-refractivity contribution < 1.29 is 4.79 Å². The van der Waals surface area contributed by atoms with E-state index in [1.807, 2.05) is 27.1 Å². The van der Waals surface area contributed by atoms with E-state index in [1.54, 1.807) is 28.4 Å². The molecule has 0 fully saturated rings. The summed E-state index contributed by atoms with van der Waals surface area (Å²) in [7, 11) is 5.36. The first-order chi connectivity index (χ1) is 9.36. The third-order valence-corrected chi connectivity index (χ3v) is 3.07. The van der Waals surface area contributed by atoms with Gasteiger partial charge in [-0.1, -0.05) is 0 Å². The Morgan fingerprint density at radius 3 is 2.55 bits per heavy atom. The molecule has 0 bridgehead atoms. The monoisotopic (exact) mass is 277 g/mol. The molecule has 8 heteroatoms. The zero-order valence-electron chi connectivity index (χ0n) is 12.4. The molecule has 2 aromatic heterocycles. The molecule has 2 rings (SSSR count). The number of aryl methyl sites for hydroxylation is 4. The summed E-state index contributed by atoms with van der Waals surface area (Å²) in [5, 5.41) is 11.0. The number of nitrogens with one attached hydrogen (secondary N) is 1. The van der Waals surface area contributed by atoms with Crippen molar-refractivity contribution in [3.05, 3.63) is 23.3 Å². The van der Waals surface area contributed by atoms with E-state index in [9.17, 15) is 4.79 Å². The van der Waals surface area contributed by atoms with Gasteiger partial charge in [0.25, 0.3) is 0 Å². The number of nitrogens with zero attached hydrogens (tertiary/aromatic N) is 6. The van der Waals surface area contributed by atoms with Crippen LogP contribution in [-0.4, -0.2) is 42.5 Å². The minimum atomic E-state index is -0.251. The molecular weight excluding hydrogens is 258 g/mol. The molecular formula is C12H19N7O. The van der Waals surface area contributed by atoms with Gasteiger partial charge in [-0.15, -0.1) is 5.10 Å². The Labute approximate surface area is 117 Å². The van der Waals surface area contributed by atoms with Crippen LogP contribution in [0.5, 0.6) is 0 Å². The van der Waals surface area contributed by atoms with Crippen LogP contribution >= 0.6 is 0 Å². The van der Waals surface area contributed by atoms with Crippen LogP contribution in [0, 0.1) is 13.8 Å². The molecule has 0 saturated heterocycles. The zero-order valence-corrected chi connectivity index (χ0v) is 12.4. The fourth-order valence-electron chi connectivity index (χ4n) is 1.84. The van der Waals surface area contributed by atoms with Crippen LogP contribution in [0.2, 0.25) is 0 Å². The quantitative estimate of drug-likeness (QED) is 0.901. The summed E-state index contributed by atoms with van der Waals surface area (Å²) in [6, 6.07) is -0.251. The van der Waals surface area contributed by atoms with Crippen LogP contribution in [0.1, 0.15) is 17.1 Å². The van der Waals surface area contributed by atoms with Gasteiger partial charge in [0.15, 0.2) is 0 Å². The molecule has 0 aliphatic heterocycles. The SMILES string of the molecule is Cc1nn(C)cc1CN(C)C(=O)Nc1nc(C)n(C)n1. The van der Waals surface area contributed by atoms with Crippen molar-refractivity contribution in [1.82, 2.24) is 29.4 Å². The van der Waals surface area contributed by atoms with Crippen LogP contribution in [-0.2, 0) is 20.6 Å². The lowest BCUT2D eigenvalue weighted by Crippen LogP contribution is -2.31. The number of hydrogen-bond donors (Lipinski definition) is 1. The van der Waals surface area contributed by atoms with Crippen LogP contribution in [0.25, 0.3) is 0 Å². The number of amides is 2. The normalized spacial score (nSPS) is 10.7. The number of aromatic nitrogens is 5. The van der Waals surface area contributed by atoms with Gasteiger partial charge in [-0.3, -0.25) is 14.7 Å². The lowest BCUT2D eigenvalue weighted by atomic mass is 10.2. The standard InChI is InChI=1S/C12H19N7O/c1-8-10(7-18(4)15-8)6-17(3)12(20)14-11-13-9(2)19(5)16-11/h7H,6H2,1-5H3,(H,14,16,20). The lowest BCUT2D eigenvalue weighted by molar-refractivity contribution is 0.220. The Kier molecular flexibility index (Phi) is 3.73. The molecule has 0 spiro atoms. The van der Waals surface area contributed by atoms with Gasteiger partial charge >= 0.3 is 6.03 Å². The molecule has 8 nitrogen and oxygen atoms in total. The molecule has 0 aliphatic carbocycles. The van der Waals surface area contributed by atoms with Gasteiger partial charge in [-0.25, -0.2) is 4.79 Å². The van der Waals surface area contributed by atoms with E-state index in [4.69, 9.17) is 0 Å². The fraction of sp³-hybridized carbons (Fsp3) is 0.500. The van der Waals surface area contributed by atoms with Gasteiger partial charge in [0.05, 0.1) is 12.2 Å². The number of carbonyl (C=O) groups excluding carboxylic acids is 1. The summed E-state index contributed by atoms with van der Waals surface area (Å²) in [5.74, 6) is 1.05. The Balaban J connectivity index is 2.00. The second-order valence-corrected chi connectivity index (χ2v) is 4.81. The maximum Gasteiger partial charge on any atom is 0.324 e. The molecule has 2 amide bonds. The van der Waals surface area contributed by atoms with E-state index in [0.29, 0.717) is 12.5 Å². The predicted molar refractivity (Wildman–Crippen MR) is 74.2 cm³/mol. The molecule has 108 valence electrons. The van der Waals surface area contributed by atoms with E-state index < -0.39 is 0 Å².